The second kappa shape index (κ2) is 5.58. The molecule has 0 bridgehead atoms. The van der Waals surface area contributed by atoms with Gasteiger partial charge in [0.2, 0.25) is 5.91 Å². The first-order valence-electron chi connectivity index (χ1n) is 9.40. The minimum Gasteiger partial charge on any atom is -0.376 e. The van der Waals surface area contributed by atoms with Crippen molar-refractivity contribution in [2.75, 3.05) is 26.2 Å². The van der Waals surface area contributed by atoms with Gasteiger partial charge in [-0.15, -0.1) is 0 Å². The molecule has 6 heteroatoms. The average molecular weight is 353 g/mol. The van der Waals surface area contributed by atoms with Gasteiger partial charge in [0.15, 0.2) is 5.54 Å². The van der Waals surface area contributed by atoms with E-state index in [2.05, 4.69) is 11.1 Å². The molecular formula is C20H23N3O3. The predicted octanol–water partition coefficient (Wildman–Crippen LogP) is 1.79. The summed E-state index contributed by atoms with van der Waals surface area (Å²) in [6.07, 6.45) is 2.80. The Kier molecular flexibility index (Phi) is 3.41. The van der Waals surface area contributed by atoms with Gasteiger partial charge in [0.25, 0.3) is 5.91 Å². The van der Waals surface area contributed by atoms with Gasteiger partial charge in [0, 0.05) is 30.6 Å². The van der Waals surface area contributed by atoms with Crippen molar-refractivity contribution in [1.29, 1.82) is 0 Å². The zero-order chi connectivity index (χ0) is 17.9. The van der Waals surface area contributed by atoms with Crippen LogP contribution >= 0.6 is 0 Å². The number of amides is 2. The number of fused-ring (bicyclic) bond motifs is 5. The van der Waals surface area contributed by atoms with Crippen molar-refractivity contribution in [1.82, 2.24) is 14.8 Å². The number of benzene rings is 1. The van der Waals surface area contributed by atoms with Crippen molar-refractivity contribution < 1.29 is 14.3 Å². The lowest BCUT2D eigenvalue weighted by molar-refractivity contribution is -0.167. The number of nitrogens with one attached hydrogen (secondary N) is 1. The molecule has 0 aliphatic carbocycles. The molecular weight excluding hydrogens is 330 g/mol. The van der Waals surface area contributed by atoms with E-state index in [0.717, 1.165) is 42.5 Å². The zero-order valence-corrected chi connectivity index (χ0v) is 15.0. The van der Waals surface area contributed by atoms with Crippen molar-refractivity contribution in [2.24, 2.45) is 0 Å². The Labute approximate surface area is 152 Å². The molecule has 1 aromatic carbocycles. The minimum absolute atomic E-state index is 0.0000983. The van der Waals surface area contributed by atoms with Crippen LogP contribution in [0.3, 0.4) is 0 Å². The van der Waals surface area contributed by atoms with E-state index in [4.69, 9.17) is 4.74 Å². The van der Waals surface area contributed by atoms with Crippen molar-refractivity contribution in [3.8, 4) is 0 Å². The van der Waals surface area contributed by atoms with Crippen LogP contribution in [-0.2, 0) is 26.3 Å². The van der Waals surface area contributed by atoms with Gasteiger partial charge in [-0.1, -0.05) is 18.2 Å². The Morgan fingerprint density at radius 3 is 2.96 bits per heavy atom. The summed E-state index contributed by atoms with van der Waals surface area (Å²) in [6, 6.07) is 8.12. The summed E-state index contributed by atoms with van der Waals surface area (Å²) in [7, 11) is 0. The van der Waals surface area contributed by atoms with E-state index in [1.807, 2.05) is 25.1 Å². The first-order valence-corrected chi connectivity index (χ1v) is 9.40. The third-order valence-electron chi connectivity index (χ3n) is 6.20. The lowest BCUT2D eigenvalue weighted by Gasteiger charge is -2.49. The molecule has 2 aromatic rings. The SMILES string of the molecule is C[C@@]12C(=O)N(C[C@H]3CCCO3)CC(=O)N1CCc1c2[nH]c2ccccc12. The van der Waals surface area contributed by atoms with Crippen LogP contribution in [-0.4, -0.2) is 58.9 Å². The average Bonchev–Trinajstić information content (AvgIpc) is 3.27. The Morgan fingerprint density at radius 1 is 1.31 bits per heavy atom. The van der Waals surface area contributed by atoms with Gasteiger partial charge in [-0.3, -0.25) is 9.59 Å². The van der Waals surface area contributed by atoms with E-state index in [1.54, 1.807) is 9.80 Å². The summed E-state index contributed by atoms with van der Waals surface area (Å²) < 4.78 is 5.70. The third kappa shape index (κ3) is 2.08. The molecule has 2 amide bonds. The zero-order valence-electron chi connectivity index (χ0n) is 15.0. The van der Waals surface area contributed by atoms with Gasteiger partial charge in [0.05, 0.1) is 18.3 Å². The summed E-state index contributed by atoms with van der Waals surface area (Å²) in [5.74, 6) is 0.0227. The number of nitrogens with zero attached hydrogens (tertiary/aromatic N) is 2. The van der Waals surface area contributed by atoms with Crippen LogP contribution in [0, 0.1) is 0 Å². The standard InChI is InChI=1S/C20H23N3O3/c1-20-18-15(14-6-2-3-7-16(14)21-18)8-9-23(20)17(24)12-22(19(20)25)11-13-5-4-10-26-13/h2-3,6-7,13,21H,4-5,8-12H2,1H3/t13-,20-/m1/s1. The molecule has 0 spiro atoms. The second-order valence-electron chi connectivity index (χ2n) is 7.71. The van der Waals surface area contributed by atoms with Crippen LogP contribution in [0.15, 0.2) is 24.3 Å². The normalized spacial score (nSPS) is 28.6. The smallest absolute Gasteiger partial charge is 0.255 e. The van der Waals surface area contributed by atoms with E-state index in [9.17, 15) is 9.59 Å². The van der Waals surface area contributed by atoms with Crippen LogP contribution in [0.2, 0.25) is 0 Å². The molecule has 3 aliphatic heterocycles. The van der Waals surface area contributed by atoms with Crippen molar-refractivity contribution in [2.45, 2.75) is 37.8 Å². The number of hydrogen-bond acceptors (Lipinski definition) is 3. The number of piperazine rings is 1. The van der Waals surface area contributed by atoms with Crippen molar-refractivity contribution in [3.63, 3.8) is 0 Å². The Hall–Kier alpha value is -2.34. The number of carbonyl (C=O) groups excluding carboxylic acids is 2. The molecule has 2 saturated heterocycles. The number of aromatic amines is 1. The van der Waals surface area contributed by atoms with E-state index >= 15 is 0 Å². The van der Waals surface area contributed by atoms with Gasteiger partial charge in [0.1, 0.15) is 0 Å². The first kappa shape index (κ1) is 15.9. The highest BCUT2D eigenvalue weighted by Crippen LogP contribution is 2.42. The molecule has 2 atom stereocenters. The van der Waals surface area contributed by atoms with E-state index in [0.29, 0.717) is 13.1 Å². The molecule has 2 fully saturated rings. The number of aromatic nitrogens is 1. The predicted molar refractivity (Wildman–Crippen MR) is 96.6 cm³/mol. The maximum Gasteiger partial charge on any atom is 0.255 e. The fourth-order valence-electron chi connectivity index (χ4n) is 4.86. The topological polar surface area (TPSA) is 65.6 Å². The molecule has 3 aliphatic rings. The highest BCUT2D eigenvalue weighted by Gasteiger charge is 2.54. The summed E-state index contributed by atoms with van der Waals surface area (Å²) >= 11 is 0. The van der Waals surface area contributed by atoms with Crippen LogP contribution in [0.4, 0.5) is 0 Å². The van der Waals surface area contributed by atoms with Gasteiger partial charge < -0.3 is 19.5 Å². The number of H-pyrrole nitrogens is 1. The van der Waals surface area contributed by atoms with Gasteiger partial charge in [-0.25, -0.2) is 0 Å². The first-order chi connectivity index (χ1) is 12.6. The molecule has 136 valence electrons. The Morgan fingerprint density at radius 2 is 2.15 bits per heavy atom. The fraction of sp³-hybridized carbons (Fsp3) is 0.500. The summed E-state index contributed by atoms with van der Waals surface area (Å²) in [4.78, 5) is 33.3. The number of carbonyl (C=O) groups is 2. The lowest BCUT2D eigenvalue weighted by atomic mass is 9.83. The third-order valence-corrected chi connectivity index (χ3v) is 6.20. The largest absolute Gasteiger partial charge is 0.376 e. The quantitative estimate of drug-likeness (QED) is 0.895. The summed E-state index contributed by atoms with van der Waals surface area (Å²) in [5, 5.41) is 1.15. The van der Waals surface area contributed by atoms with E-state index < -0.39 is 5.54 Å². The van der Waals surface area contributed by atoms with Crippen LogP contribution in [0.1, 0.15) is 31.0 Å². The van der Waals surface area contributed by atoms with Crippen LogP contribution < -0.4 is 0 Å². The Bertz CT molecular complexity index is 899. The van der Waals surface area contributed by atoms with Gasteiger partial charge >= 0.3 is 0 Å². The van der Waals surface area contributed by atoms with Crippen LogP contribution in [0.25, 0.3) is 10.9 Å². The van der Waals surface area contributed by atoms with Gasteiger partial charge in [-0.2, -0.15) is 0 Å². The molecule has 5 rings (SSSR count). The van der Waals surface area contributed by atoms with E-state index in [-0.39, 0.29) is 24.5 Å². The number of ether oxygens (including phenoxy) is 1. The molecule has 1 aromatic heterocycles. The molecule has 1 N–H and O–H groups in total. The molecule has 26 heavy (non-hydrogen) atoms. The maximum absolute atomic E-state index is 13.5. The number of para-hydroxylation sites is 1. The summed E-state index contributed by atoms with van der Waals surface area (Å²) in [6.45, 7) is 3.88. The highest BCUT2D eigenvalue weighted by molar-refractivity contribution is 6.00. The maximum atomic E-state index is 13.5. The monoisotopic (exact) mass is 353 g/mol. The van der Waals surface area contributed by atoms with Crippen molar-refractivity contribution in [3.05, 3.63) is 35.5 Å². The van der Waals surface area contributed by atoms with E-state index in [1.165, 1.54) is 5.56 Å². The Balaban J connectivity index is 1.58. The lowest BCUT2D eigenvalue weighted by Crippen LogP contribution is -2.67. The number of rotatable bonds is 2. The number of hydrogen-bond donors (Lipinski definition) is 1. The highest BCUT2D eigenvalue weighted by atomic mass is 16.5. The molecule has 4 heterocycles. The molecule has 6 nitrogen and oxygen atoms in total. The van der Waals surface area contributed by atoms with Crippen molar-refractivity contribution >= 4 is 22.7 Å². The second-order valence-corrected chi connectivity index (χ2v) is 7.71. The molecule has 0 radical (unpaired) electrons. The minimum atomic E-state index is -0.958. The summed E-state index contributed by atoms with van der Waals surface area (Å²) in [5.41, 5.74) is 2.11. The fourth-order valence-corrected chi connectivity index (χ4v) is 4.86. The molecule has 0 saturated carbocycles. The molecule has 0 unspecified atom stereocenters. The van der Waals surface area contributed by atoms with Gasteiger partial charge in [-0.05, 0) is 37.8 Å². The van der Waals surface area contributed by atoms with Crippen LogP contribution in [0.5, 0.6) is 0 Å².